The van der Waals surface area contributed by atoms with E-state index >= 15 is 0 Å². The second-order valence-corrected chi connectivity index (χ2v) is 9.37. The largest absolute Gasteiger partial charge is 0.488 e. The number of benzene rings is 2. The number of hydrogen-bond donors (Lipinski definition) is 1. The lowest BCUT2D eigenvalue weighted by Gasteiger charge is -2.30. The maximum atomic E-state index is 12.6. The summed E-state index contributed by atoms with van der Waals surface area (Å²) in [5, 5.41) is 10.7. The minimum Gasteiger partial charge on any atom is -0.488 e. The summed E-state index contributed by atoms with van der Waals surface area (Å²) in [4.78, 5) is 0. The van der Waals surface area contributed by atoms with E-state index in [4.69, 9.17) is 4.74 Å². The van der Waals surface area contributed by atoms with Crippen molar-refractivity contribution < 1.29 is 21.9 Å². The van der Waals surface area contributed by atoms with Crippen molar-refractivity contribution in [3.05, 3.63) is 48.0 Å². The van der Waals surface area contributed by atoms with E-state index in [0.29, 0.717) is 17.0 Å². The Hall–Kier alpha value is -3.12. The molecule has 0 spiro atoms. The van der Waals surface area contributed by atoms with Crippen molar-refractivity contribution in [1.29, 1.82) is 5.26 Å². The van der Waals surface area contributed by atoms with E-state index in [0.717, 1.165) is 47.7 Å². The first-order chi connectivity index (χ1) is 14.8. The van der Waals surface area contributed by atoms with Crippen molar-refractivity contribution >= 4 is 26.6 Å². The lowest BCUT2D eigenvalue weighted by Crippen LogP contribution is -2.18. The number of fused-ring (bicyclic) bond motifs is 1. The number of ether oxygens (including phenoxy) is 1. The molecule has 162 valence electrons. The summed E-state index contributed by atoms with van der Waals surface area (Å²) in [6, 6.07) is 14.4. The fourth-order valence-corrected chi connectivity index (χ4v) is 4.43. The monoisotopic (exact) mass is 445 g/mol. The van der Waals surface area contributed by atoms with Gasteiger partial charge in [0.25, 0.3) is 6.43 Å². The molecular weight excluding hydrogens is 424 g/mol. The van der Waals surface area contributed by atoms with Crippen LogP contribution in [0.2, 0.25) is 0 Å². The number of anilines is 1. The van der Waals surface area contributed by atoms with Gasteiger partial charge < -0.3 is 9.30 Å². The molecule has 0 saturated heterocycles. The van der Waals surface area contributed by atoms with Gasteiger partial charge in [-0.1, -0.05) is 12.1 Å². The van der Waals surface area contributed by atoms with Crippen LogP contribution in [-0.2, 0) is 10.0 Å². The standard InChI is InChI=1S/C22H21F2N3O3S/c1-31(28,29)26-15-7-5-14(6-8-15)22-19(12-25)18-10-9-17(30-13-21(23)24)11-20(18)27(22)16-3-2-4-16/h5-11,16,21,26H,2-4,13H2,1H3. The van der Waals surface area contributed by atoms with Crippen molar-refractivity contribution in [1.82, 2.24) is 4.57 Å². The minimum atomic E-state index is -3.40. The number of nitrogens with zero attached hydrogens (tertiary/aromatic N) is 2. The second-order valence-electron chi connectivity index (χ2n) is 7.62. The van der Waals surface area contributed by atoms with Crippen LogP contribution >= 0.6 is 0 Å². The summed E-state index contributed by atoms with van der Waals surface area (Å²) < 4.78 is 57.8. The molecule has 0 radical (unpaired) electrons. The molecule has 1 fully saturated rings. The summed E-state index contributed by atoms with van der Waals surface area (Å²) in [5.74, 6) is 0.328. The molecule has 1 N–H and O–H groups in total. The Morgan fingerprint density at radius 3 is 2.48 bits per heavy atom. The molecule has 9 heteroatoms. The Morgan fingerprint density at radius 2 is 1.94 bits per heavy atom. The highest BCUT2D eigenvalue weighted by Crippen LogP contribution is 2.43. The maximum absolute atomic E-state index is 12.6. The van der Waals surface area contributed by atoms with Crippen LogP contribution in [0, 0.1) is 11.3 Å². The van der Waals surface area contributed by atoms with Gasteiger partial charge in [0.2, 0.25) is 10.0 Å². The molecule has 2 aromatic carbocycles. The molecule has 0 aliphatic heterocycles. The summed E-state index contributed by atoms with van der Waals surface area (Å²) in [7, 11) is -3.40. The zero-order chi connectivity index (χ0) is 22.2. The van der Waals surface area contributed by atoms with Crippen LogP contribution < -0.4 is 9.46 Å². The summed E-state index contributed by atoms with van der Waals surface area (Å²) in [5.41, 5.74) is 3.19. The molecule has 31 heavy (non-hydrogen) atoms. The molecule has 1 aromatic heterocycles. The summed E-state index contributed by atoms with van der Waals surface area (Å²) in [6.45, 7) is -0.692. The van der Waals surface area contributed by atoms with Crippen molar-refractivity contribution in [2.75, 3.05) is 17.6 Å². The number of aromatic nitrogens is 1. The van der Waals surface area contributed by atoms with Gasteiger partial charge in [-0.3, -0.25) is 4.72 Å². The number of sulfonamides is 1. The summed E-state index contributed by atoms with van der Waals surface area (Å²) >= 11 is 0. The molecule has 4 rings (SSSR count). The third-order valence-corrected chi connectivity index (χ3v) is 5.97. The number of nitriles is 1. The summed E-state index contributed by atoms with van der Waals surface area (Å²) in [6.07, 6.45) is 1.49. The highest BCUT2D eigenvalue weighted by Gasteiger charge is 2.28. The molecule has 0 bridgehead atoms. The van der Waals surface area contributed by atoms with Gasteiger partial charge in [0, 0.05) is 23.2 Å². The van der Waals surface area contributed by atoms with Gasteiger partial charge in [-0.15, -0.1) is 0 Å². The predicted molar refractivity (Wildman–Crippen MR) is 115 cm³/mol. The Balaban J connectivity index is 1.84. The van der Waals surface area contributed by atoms with E-state index in [9.17, 15) is 22.5 Å². The zero-order valence-corrected chi connectivity index (χ0v) is 17.6. The third-order valence-electron chi connectivity index (χ3n) is 5.36. The van der Waals surface area contributed by atoms with E-state index in [2.05, 4.69) is 15.4 Å². The van der Waals surface area contributed by atoms with Crippen molar-refractivity contribution in [2.45, 2.75) is 31.7 Å². The van der Waals surface area contributed by atoms with E-state index in [1.165, 1.54) is 0 Å². The number of rotatable bonds is 7. The van der Waals surface area contributed by atoms with E-state index in [1.807, 2.05) is 0 Å². The number of hydrogen-bond acceptors (Lipinski definition) is 4. The molecule has 1 saturated carbocycles. The highest BCUT2D eigenvalue weighted by molar-refractivity contribution is 7.92. The van der Waals surface area contributed by atoms with Gasteiger partial charge in [0.15, 0.2) is 0 Å². The highest BCUT2D eigenvalue weighted by atomic mass is 32.2. The van der Waals surface area contributed by atoms with Crippen LogP contribution in [0.25, 0.3) is 22.2 Å². The fraction of sp³-hybridized carbons (Fsp3) is 0.318. The first-order valence-electron chi connectivity index (χ1n) is 9.84. The van der Waals surface area contributed by atoms with Crippen LogP contribution in [0.1, 0.15) is 30.9 Å². The van der Waals surface area contributed by atoms with Gasteiger partial charge in [0.1, 0.15) is 18.4 Å². The minimum absolute atomic E-state index is 0.193. The Bertz CT molecular complexity index is 1260. The quantitative estimate of drug-likeness (QED) is 0.559. The number of halogens is 2. The SMILES string of the molecule is CS(=O)(=O)Nc1ccc(-c2c(C#N)c3ccc(OCC(F)F)cc3n2C2CCC2)cc1. The molecule has 1 heterocycles. The normalized spacial score (nSPS) is 14.4. The predicted octanol–water partition coefficient (Wildman–Crippen LogP) is 4.92. The Kier molecular flexibility index (Phi) is 5.58. The molecule has 0 atom stereocenters. The molecular formula is C22H21F2N3O3S. The lowest BCUT2D eigenvalue weighted by atomic mass is 9.92. The Morgan fingerprint density at radius 1 is 1.23 bits per heavy atom. The molecule has 6 nitrogen and oxygen atoms in total. The van der Waals surface area contributed by atoms with E-state index < -0.39 is 23.1 Å². The number of alkyl halides is 2. The van der Waals surface area contributed by atoms with Crippen molar-refractivity contribution in [3.8, 4) is 23.1 Å². The van der Waals surface area contributed by atoms with Gasteiger partial charge >= 0.3 is 0 Å². The van der Waals surface area contributed by atoms with Crippen LogP contribution in [0.4, 0.5) is 14.5 Å². The van der Waals surface area contributed by atoms with Gasteiger partial charge in [0.05, 0.1) is 23.0 Å². The first kappa shape index (κ1) is 21.1. The Labute approximate surface area is 179 Å². The smallest absolute Gasteiger partial charge is 0.272 e. The van der Waals surface area contributed by atoms with Crippen molar-refractivity contribution in [2.24, 2.45) is 0 Å². The maximum Gasteiger partial charge on any atom is 0.272 e. The van der Waals surface area contributed by atoms with Gasteiger partial charge in [-0.05, 0) is 49.1 Å². The molecule has 3 aromatic rings. The molecule has 1 aliphatic rings. The first-order valence-corrected chi connectivity index (χ1v) is 11.7. The second kappa shape index (κ2) is 8.19. The topological polar surface area (TPSA) is 84.1 Å². The van der Waals surface area contributed by atoms with Crippen LogP contribution in [-0.4, -0.2) is 32.3 Å². The molecule has 0 unspecified atom stereocenters. The fourth-order valence-electron chi connectivity index (χ4n) is 3.87. The average molecular weight is 445 g/mol. The van der Waals surface area contributed by atoms with Gasteiger partial charge in [-0.25, -0.2) is 17.2 Å². The molecule has 1 aliphatic carbocycles. The lowest BCUT2D eigenvalue weighted by molar-refractivity contribution is 0.0819. The average Bonchev–Trinajstić information content (AvgIpc) is 2.98. The van der Waals surface area contributed by atoms with E-state index in [-0.39, 0.29) is 6.04 Å². The number of nitrogens with one attached hydrogen (secondary N) is 1. The van der Waals surface area contributed by atoms with Gasteiger partial charge in [-0.2, -0.15) is 5.26 Å². The molecule has 0 amide bonds. The third kappa shape index (κ3) is 4.35. The van der Waals surface area contributed by atoms with Crippen LogP contribution in [0.5, 0.6) is 5.75 Å². The van der Waals surface area contributed by atoms with Crippen LogP contribution in [0.3, 0.4) is 0 Å². The van der Waals surface area contributed by atoms with E-state index in [1.54, 1.807) is 42.5 Å². The zero-order valence-electron chi connectivity index (χ0n) is 16.8. The van der Waals surface area contributed by atoms with Crippen molar-refractivity contribution in [3.63, 3.8) is 0 Å². The van der Waals surface area contributed by atoms with Crippen LogP contribution in [0.15, 0.2) is 42.5 Å².